The van der Waals surface area contributed by atoms with E-state index in [0.29, 0.717) is 5.95 Å². The first kappa shape index (κ1) is 13.4. The second kappa shape index (κ2) is 5.60. The second-order valence-electron chi connectivity index (χ2n) is 3.13. The number of hydroxylamine groups is 1. The first-order chi connectivity index (χ1) is 7.99. The first-order valence-electron chi connectivity index (χ1n) is 4.64. The van der Waals surface area contributed by atoms with Gasteiger partial charge in [-0.1, -0.05) is 0 Å². The van der Waals surface area contributed by atoms with Crippen LogP contribution in [0.3, 0.4) is 0 Å². The Morgan fingerprint density at radius 2 is 1.88 bits per heavy atom. The Labute approximate surface area is 104 Å². The van der Waals surface area contributed by atoms with Crippen molar-refractivity contribution in [2.75, 3.05) is 38.2 Å². The van der Waals surface area contributed by atoms with Crippen LogP contribution in [-0.2, 0) is 4.84 Å². The molecule has 17 heavy (non-hydrogen) atoms. The molecule has 0 atom stereocenters. The lowest BCUT2D eigenvalue weighted by atomic mass is 10.7. The molecule has 1 aromatic rings. The third-order valence-corrected chi connectivity index (χ3v) is 1.92. The van der Waals surface area contributed by atoms with Gasteiger partial charge >= 0.3 is 6.03 Å². The number of nitrogens with zero attached hydrogens (tertiary/aromatic N) is 5. The van der Waals surface area contributed by atoms with Gasteiger partial charge in [-0.25, -0.2) is 4.79 Å². The number of nitrogens with one attached hydrogen (secondary N) is 1. The largest absolute Gasteiger partial charge is 0.348 e. The Bertz CT molecular complexity index is 413. The average Bonchev–Trinajstić information content (AvgIpc) is 2.28. The molecule has 2 amide bonds. The summed E-state index contributed by atoms with van der Waals surface area (Å²) in [5.74, 6) is 0.335. The highest BCUT2D eigenvalue weighted by Gasteiger charge is 2.19. The van der Waals surface area contributed by atoms with Crippen LogP contribution in [0.5, 0.6) is 0 Å². The summed E-state index contributed by atoms with van der Waals surface area (Å²) < 4.78 is 0. The lowest BCUT2D eigenvalue weighted by Crippen LogP contribution is -2.38. The quantitative estimate of drug-likeness (QED) is 0.787. The third-order valence-electron chi connectivity index (χ3n) is 1.75. The van der Waals surface area contributed by atoms with Crippen molar-refractivity contribution in [2.24, 2.45) is 0 Å². The second-order valence-corrected chi connectivity index (χ2v) is 3.47. The number of carbonyl (C=O) groups is 1. The Morgan fingerprint density at radius 1 is 1.29 bits per heavy atom. The highest BCUT2D eigenvalue weighted by atomic mass is 35.5. The minimum atomic E-state index is -0.514. The van der Waals surface area contributed by atoms with Gasteiger partial charge in [0.25, 0.3) is 5.95 Å². The molecular weight excluding hydrogens is 248 g/mol. The molecule has 1 aromatic heterocycles. The molecule has 8 nitrogen and oxygen atoms in total. The fourth-order valence-electron chi connectivity index (χ4n) is 0.977. The Balaban J connectivity index is 3.15. The van der Waals surface area contributed by atoms with Crippen LogP contribution in [0.1, 0.15) is 0 Å². The van der Waals surface area contributed by atoms with Gasteiger partial charge in [-0.3, -0.25) is 4.84 Å². The Kier molecular flexibility index (Phi) is 4.41. The van der Waals surface area contributed by atoms with E-state index in [1.54, 1.807) is 19.0 Å². The molecule has 0 unspecified atom stereocenters. The van der Waals surface area contributed by atoms with Crippen molar-refractivity contribution in [1.82, 2.24) is 20.3 Å². The normalized spacial score (nSPS) is 9.94. The SMILES string of the molecule is CNC(=O)N(OC)c1nc(Cl)nc(N(C)C)n1. The molecule has 0 saturated carbocycles. The van der Waals surface area contributed by atoms with Crippen LogP contribution < -0.4 is 15.3 Å². The van der Waals surface area contributed by atoms with Crippen LogP contribution in [0.15, 0.2) is 0 Å². The molecule has 0 fully saturated rings. The van der Waals surface area contributed by atoms with Crippen molar-refractivity contribution in [2.45, 2.75) is 0 Å². The van der Waals surface area contributed by atoms with Crippen LogP contribution in [0, 0.1) is 0 Å². The zero-order chi connectivity index (χ0) is 13.0. The van der Waals surface area contributed by atoms with Crippen LogP contribution in [0.2, 0.25) is 5.28 Å². The predicted octanol–water partition coefficient (Wildman–Crippen LogP) is 0.298. The lowest BCUT2D eigenvalue weighted by molar-refractivity contribution is 0.161. The Hall–Kier alpha value is -1.67. The highest BCUT2D eigenvalue weighted by Crippen LogP contribution is 2.15. The molecule has 0 spiro atoms. The molecule has 0 aliphatic heterocycles. The maximum Gasteiger partial charge on any atom is 0.348 e. The molecule has 0 aromatic carbocycles. The van der Waals surface area contributed by atoms with Crippen molar-refractivity contribution < 1.29 is 9.63 Å². The van der Waals surface area contributed by atoms with E-state index in [9.17, 15) is 4.79 Å². The maximum absolute atomic E-state index is 11.5. The fraction of sp³-hybridized carbons (Fsp3) is 0.500. The van der Waals surface area contributed by atoms with Gasteiger partial charge in [-0.15, -0.1) is 5.06 Å². The lowest BCUT2D eigenvalue weighted by Gasteiger charge is -2.18. The van der Waals surface area contributed by atoms with Gasteiger partial charge in [0, 0.05) is 21.1 Å². The van der Waals surface area contributed by atoms with Crippen LogP contribution in [-0.4, -0.2) is 49.2 Å². The van der Waals surface area contributed by atoms with E-state index in [2.05, 4.69) is 20.3 Å². The summed E-state index contributed by atoms with van der Waals surface area (Å²) in [4.78, 5) is 29.7. The van der Waals surface area contributed by atoms with Crippen molar-refractivity contribution in [1.29, 1.82) is 0 Å². The van der Waals surface area contributed by atoms with Gasteiger partial charge in [-0.05, 0) is 11.6 Å². The number of aromatic nitrogens is 3. The molecule has 94 valence electrons. The molecule has 0 bridgehead atoms. The first-order valence-corrected chi connectivity index (χ1v) is 5.02. The Morgan fingerprint density at radius 3 is 2.35 bits per heavy atom. The molecule has 1 heterocycles. The van der Waals surface area contributed by atoms with Gasteiger partial charge in [-0.2, -0.15) is 15.0 Å². The number of halogens is 1. The smallest absolute Gasteiger partial charge is 0.347 e. The minimum Gasteiger partial charge on any atom is -0.347 e. The third kappa shape index (κ3) is 3.14. The van der Waals surface area contributed by atoms with E-state index in [0.717, 1.165) is 5.06 Å². The monoisotopic (exact) mass is 260 g/mol. The minimum absolute atomic E-state index is 0.00977. The van der Waals surface area contributed by atoms with E-state index < -0.39 is 6.03 Å². The number of amides is 2. The highest BCUT2D eigenvalue weighted by molar-refractivity contribution is 6.28. The summed E-state index contributed by atoms with van der Waals surface area (Å²) in [5, 5.41) is 3.24. The number of urea groups is 1. The van der Waals surface area contributed by atoms with Crippen molar-refractivity contribution >= 4 is 29.5 Å². The number of hydrogen-bond acceptors (Lipinski definition) is 6. The number of hydrogen-bond donors (Lipinski definition) is 1. The van der Waals surface area contributed by atoms with E-state index in [-0.39, 0.29) is 11.2 Å². The van der Waals surface area contributed by atoms with Crippen molar-refractivity contribution in [3.8, 4) is 0 Å². The molecule has 0 saturated heterocycles. The van der Waals surface area contributed by atoms with Crippen LogP contribution >= 0.6 is 11.6 Å². The van der Waals surface area contributed by atoms with E-state index in [1.165, 1.54) is 14.2 Å². The molecule has 0 aliphatic rings. The zero-order valence-corrected chi connectivity index (χ0v) is 10.7. The van der Waals surface area contributed by atoms with Gasteiger partial charge in [0.05, 0.1) is 7.11 Å². The predicted molar refractivity (Wildman–Crippen MR) is 63.1 cm³/mol. The number of carbonyl (C=O) groups excluding carboxylic acids is 1. The zero-order valence-electron chi connectivity index (χ0n) is 9.93. The molecular formula is C8H13ClN6O2. The molecule has 1 rings (SSSR count). The number of anilines is 2. The van der Waals surface area contributed by atoms with Gasteiger partial charge in [0.1, 0.15) is 0 Å². The van der Waals surface area contributed by atoms with E-state index in [1.807, 2.05) is 0 Å². The number of rotatable bonds is 3. The fourth-order valence-corrected chi connectivity index (χ4v) is 1.13. The van der Waals surface area contributed by atoms with Gasteiger partial charge in [0.2, 0.25) is 11.2 Å². The summed E-state index contributed by atoms with van der Waals surface area (Å²) >= 11 is 5.74. The van der Waals surface area contributed by atoms with E-state index in [4.69, 9.17) is 16.4 Å². The van der Waals surface area contributed by atoms with Crippen LogP contribution in [0.25, 0.3) is 0 Å². The molecule has 1 N–H and O–H groups in total. The maximum atomic E-state index is 11.5. The molecule has 0 aliphatic carbocycles. The summed E-state index contributed by atoms with van der Waals surface area (Å²) in [6.45, 7) is 0. The summed E-state index contributed by atoms with van der Waals surface area (Å²) in [5.41, 5.74) is 0. The van der Waals surface area contributed by atoms with Crippen molar-refractivity contribution in [3.63, 3.8) is 0 Å². The molecule has 9 heteroatoms. The summed E-state index contributed by atoms with van der Waals surface area (Å²) in [6, 6.07) is -0.514. The van der Waals surface area contributed by atoms with Crippen LogP contribution in [0.4, 0.5) is 16.7 Å². The standard InChI is InChI=1S/C8H13ClN6O2/c1-10-8(16)15(17-4)7-12-5(9)11-6(13-7)14(2)3/h1-4H3,(H,10,16). The molecule has 0 radical (unpaired) electrons. The van der Waals surface area contributed by atoms with E-state index >= 15 is 0 Å². The average molecular weight is 261 g/mol. The summed E-state index contributed by atoms with van der Waals surface area (Å²) in [7, 11) is 6.27. The van der Waals surface area contributed by atoms with Gasteiger partial charge in [0.15, 0.2) is 0 Å². The van der Waals surface area contributed by atoms with Gasteiger partial charge < -0.3 is 10.2 Å². The summed E-state index contributed by atoms with van der Waals surface area (Å²) in [6.07, 6.45) is 0. The topological polar surface area (TPSA) is 83.5 Å². The van der Waals surface area contributed by atoms with Crippen molar-refractivity contribution in [3.05, 3.63) is 5.28 Å².